The van der Waals surface area contributed by atoms with Crippen molar-refractivity contribution < 1.29 is 87.5 Å². The van der Waals surface area contributed by atoms with Gasteiger partial charge in [0.1, 0.15) is 68.6 Å². The smallest absolute Gasteiger partial charge is 0.314 e. The predicted molar refractivity (Wildman–Crippen MR) is 524 cm³/mol. The standard InChI is InChI=1S/C34H32F2N4O4.C25H22F2N4O2.C21H16ClF2N3O3.2C12H16N2O.C2H3BrO2/c1-34(2)16-23(32(41)39-34)20-10-8-19(9-11-20)14-26-30-27(38-31(37-26)29-24(35)6-5-7-25(29)36)18-40(33(30)42)17-21-12-13-22(43-3)15-28(21)44-4;1-25(2)11-15(23(32)31-25)14-8-6-13(7-9-14)10-18-21-19(12-28-24(21)33)30-22(29-18)20-16(26)4-3-5-17(20)27;1-29-12-7-6-11(16(8-12)30-2)9-27-10-15-18(21(27)28)19(22)26-20(25-15)17-13(23)4-3-5-14(17)24;2*1-12(2)7-10(11(15)14-12)8-3-5-9(13)6-4-8;1-2(4)5-3/h5-13,15,23H,14,16-18H2,1-4H3,(H,39,41);3-9,15H,10-12H2,1-2H3,(H,28,33)(H,31,32);3-8H,9-10H2,1-2H3;2*3-6,10H,7,13H2,1-2H3,(H,14,15);1H3/t23-;15-;;10-;;/m00.0../s1. The summed E-state index contributed by atoms with van der Waals surface area (Å²) >= 11 is 8.67. The Morgan fingerprint density at radius 1 is 0.408 bits per heavy atom. The second kappa shape index (κ2) is 43.1. The number of hydrogen-bond acceptors (Lipinski definition) is 21. The summed E-state index contributed by atoms with van der Waals surface area (Å²) in [7, 11) is 6.18. The Bertz CT molecular complexity index is 6730. The second-order valence-corrected chi connectivity index (χ2v) is 38.4. The van der Waals surface area contributed by atoms with Gasteiger partial charge in [0.15, 0.2) is 33.7 Å². The summed E-state index contributed by atoms with van der Waals surface area (Å²) in [5, 5.41) is 14.5. The lowest BCUT2D eigenvalue weighted by molar-refractivity contribution is -0.130. The first-order chi connectivity index (χ1) is 67.4. The SMILES string of the molecule is CC(=O)OBr.CC1(C)CC(c2ccc(N)cc2)C(=O)N1.CC1(C)C[C@@H](c2ccc(Cc3nc(-c4c(F)cccc4F)nc4c3C(=O)NC4)cc2)C(=O)N1.CC1(C)C[C@@H](c2ccc(N)cc2)C(=O)N1.COc1ccc(CN2Cc3nc(-c4c(F)cccc4F)nc(Cc4ccc([C@@H]5CC(C)(C)NC5=O)cc4)c3C2=O)c(OC)c1.COc1ccc(CN2Cc3nc(-c4c(F)cccc4F)nc(Cl)c3C2=O)c(OC)c1. The van der Waals surface area contributed by atoms with Crippen molar-refractivity contribution in [2.24, 2.45) is 0 Å². The van der Waals surface area contributed by atoms with Gasteiger partial charge in [-0.15, -0.1) is 0 Å². The highest BCUT2D eigenvalue weighted by molar-refractivity contribution is 9.06. The van der Waals surface area contributed by atoms with Gasteiger partial charge in [-0.3, -0.25) is 38.4 Å². The van der Waals surface area contributed by atoms with Gasteiger partial charge >= 0.3 is 5.97 Å². The number of rotatable bonds is 19. The molecule has 4 saturated heterocycles. The highest BCUT2D eigenvalue weighted by Gasteiger charge is 2.44. The molecule has 4 atom stereocenters. The van der Waals surface area contributed by atoms with Crippen LogP contribution in [0.5, 0.6) is 23.0 Å². The van der Waals surface area contributed by atoms with Crippen molar-refractivity contribution in [1.29, 1.82) is 0 Å². The average Bonchev–Trinajstić information content (AvgIpc) is 1.60. The lowest BCUT2D eigenvalue weighted by Crippen LogP contribution is -2.34. The summed E-state index contributed by atoms with van der Waals surface area (Å²) in [6.07, 6.45) is 3.59. The van der Waals surface area contributed by atoms with Crippen molar-refractivity contribution in [2.75, 3.05) is 39.9 Å². The van der Waals surface area contributed by atoms with Crippen molar-refractivity contribution in [1.82, 2.24) is 66.3 Å². The van der Waals surface area contributed by atoms with Crippen LogP contribution in [0, 0.1) is 34.9 Å². The Labute approximate surface area is 829 Å². The van der Waals surface area contributed by atoms with Gasteiger partial charge in [-0.2, -0.15) is 0 Å². The number of nitrogen functional groups attached to an aromatic ring is 2. The van der Waals surface area contributed by atoms with E-state index in [2.05, 4.69) is 76.6 Å². The van der Waals surface area contributed by atoms with Crippen molar-refractivity contribution >= 4 is 86.6 Å². The molecule has 7 amide bonds. The quantitative estimate of drug-likeness (QED) is 0.0225. The van der Waals surface area contributed by atoms with Gasteiger partial charge < -0.3 is 70.6 Å². The minimum atomic E-state index is -0.810. The summed E-state index contributed by atoms with van der Waals surface area (Å²) in [4.78, 5) is 126. The molecule has 0 aliphatic carbocycles. The number of halogens is 8. The number of carbonyl (C=O) groups is 8. The molecule has 738 valence electrons. The molecule has 142 heavy (non-hydrogen) atoms. The topological polar surface area (TPSA) is 379 Å². The fourth-order valence-electron chi connectivity index (χ4n) is 18.1. The summed E-state index contributed by atoms with van der Waals surface area (Å²) in [6.45, 7) is 18.4. The first kappa shape index (κ1) is 103. The maximum Gasteiger partial charge on any atom is 0.314 e. The Morgan fingerprint density at radius 3 is 1.02 bits per heavy atom. The van der Waals surface area contributed by atoms with Crippen molar-refractivity contribution in [2.45, 2.75) is 179 Å². The molecular formula is C106H105BrClF6N15O13. The zero-order chi connectivity index (χ0) is 102. The molecule has 36 heteroatoms. The zero-order valence-corrected chi connectivity index (χ0v) is 82.4. The van der Waals surface area contributed by atoms with Gasteiger partial charge in [0.2, 0.25) is 23.6 Å². The Morgan fingerprint density at radius 2 is 0.711 bits per heavy atom. The van der Waals surface area contributed by atoms with E-state index in [-0.39, 0.29) is 184 Å². The number of methoxy groups -OCH3 is 4. The van der Waals surface area contributed by atoms with Gasteiger partial charge in [0, 0.05) is 76.6 Å². The Kier molecular flexibility index (Phi) is 31.2. The van der Waals surface area contributed by atoms with E-state index in [4.69, 9.17) is 42.0 Å². The molecule has 7 aliphatic heterocycles. The molecule has 0 radical (unpaired) electrons. The molecule has 9 aromatic carbocycles. The molecule has 3 aromatic heterocycles. The van der Waals surface area contributed by atoms with E-state index in [9.17, 15) is 64.7 Å². The number of anilines is 2. The van der Waals surface area contributed by atoms with Crippen LogP contribution in [0.3, 0.4) is 0 Å². The molecule has 0 saturated carbocycles. The van der Waals surface area contributed by atoms with Crippen LogP contribution in [-0.2, 0) is 73.4 Å². The van der Waals surface area contributed by atoms with E-state index < -0.39 is 34.9 Å². The van der Waals surface area contributed by atoms with Crippen LogP contribution in [0.4, 0.5) is 37.7 Å². The van der Waals surface area contributed by atoms with Crippen LogP contribution in [0.15, 0.2) is 188 Å². The Balaban J connectivity index is 0.000000146. The third-order valence-electron chi connectivity index (χ3n) is 24.9. The number of carbonyl (C=O) groups excluding carboxylic acids is 8. The first-order valence-corrected chi connectivity index (χ1v) is 46.4. The molecule has 9 N–H and O–H groups in total. The van der Waals surface area contributed by atoms with Crippen LogP contribution in [-0.4, -0.2) is 138 Å². The van der Waals surface area contributed by atoms with Gasteiger partial charge in [-0.1, -0.05) is 103 Å². The third kappa shape index (κ3) is 23.9. The first-order valence-electron chi connectivity index (χ1n) is 45.4. The molecule has 0 spiro atoms. The summed E-state index contributed by atoms with van der Waals surface area (Å²) in [6, 6.07) is 51.5. The normalized spacial score (nSPS) is 17.6. The van der Waals surface area contributed by atoms with E-state index in [1.807, 2.05) is 159 Å². The summed E-state index contributed by atoms with van der Waals surface area (Å²) < 4.78 is 112. The number of ether oxygens (including phenoxy) is 4. The van der Waals surface area contributed by atoms with Crippen molar-refractivity contribution in [3.05, 3.63) is 318 Å². The van der Waals surface area contributed by atoms with Crippen LogP contribution >= 0.6 is 27.9 Å². The third-order valence-corrected chi connectivity index (χ3v) is 25.6. The van der Waals surface area contributed by atoms with Crippen LogP contribution in [0.2, 0.25) is 5.15 Å². The van der Waals surface area contributed by atoms with E-state index >= 15 is 0 Å². The maximum atomic E-state index is 14.9. The monoisotopic (exact) mass is 2020 g/mol. The lowest BCUT2D eigenvalue weighted by Gasteiger charge is -2.18. The lowest BCUT2D eigenvalue weighted by atomic mass is 9.90. The number of aromatic nitrogens is 6. The predicted octanol–water partition coefficient (Wildman–Crippen LogP) is 17.6. The number of nitrogens with two attached hydrogens (primary N) is 2. The van der Waals surface area contributed by atoms with E-state index in [0.29, 0.717) is 75.4 Å². The largest absolute Gasteiger partial charge is 0.497 e. The van der Waals surface area contributed by atoms with E-state index in [1.165, 1.54) is 37.1 Å². The summed E-state index contributed by atoms with van der Waals surface area (Å²) in [5.41, 5.74) is 20.8. The number of hydrogen-bond donors (Lipinski definition) is 7. The van der Waals surface area contributed by atoms with Gasteiger partial charge in [-0.25, -0.2) is 56.2 Å². The average molecular weight is 2030 g/mol. The summed E-state index contributed by atoms with van der Waals surface area (Å²) in [5.74, 6) is -4.33. The number of benzene rings is 9. The molecule has 7 aliphatic rings. The molecule has 28 nitrogen and oxygen atoms in total. The highest BCUT2D eigenvalue weighted by Crippen LogP contribution is 2.42. The van der Waals surface area contributed by atoms with E-state index in [1.54, 1.807) is 56.6 Å². The number of fused-ring (bicyclic) bond motifs is 3. The second-order valence-electron chi connectivity index (χ2n) is 37.7. The fourth-order valence-corrected chi connectivity index (χ4v) is 18.3. The van der Waals surface area contributed by atoms with Crippen LogP contribution in [0.1, 0.15) is 216 Å². The number of nitrogens with zero attached hydrogens (tertiary/aromatic N) is 8. The number of nitrogens with one attached hydrogen (secondary N) is 5. The molecule has 10 heterocycles. The molecule has 4 fully saturated rings. The molecule has 19 rings (SSSR count). The maximum absolute atomic E-state index is 14.9. The van der Waals surface area contributed by atoms with Crippen LogP contribution in [0.25, 0.3) is 34.2 Å². The molecule has 0 bridgehead atoms. The minimum Gasteiger partial charge on any atom is -0.497 e. The molecule has 1 unspecified atom stereocenters. The van der Waals surface area contributed by atoms with Crippen LogP contribution < -0.4 is 57.0 Å². The van der Waals surface area contributed by atoms with Gasteiger partial charge in [0.25, 0.3) is 17.7 Å². The highest BCUT2D eigenvalue weighted by atomic mass is 79.9. The van der Waals surface area contributed by atoms with Crippen molar-refractivity contribution in [3.63, 3.8) is 0 Å². The Hall–Kier alpha value is -14.9. The molecule has 12 aromatic rings. The van der Waals surface area contributed by atoms with Gasteiger partial charge in [0.05, 0.1) is 141 Å². The fraction of sp³-hybridized carbons (Fsp3) is 0.302. The minimum absolute atomic E-state index is 0.00731. The van der Waals surface area contributed by atoms with E-state index in [0.717, 1.165) is 105 Å². The zero-order valence-electron chi connectivity index (χ0n) is 80.0. The van der Waals surface area contributed by atoms with Gasteiger partial charge in [-0.05, 0) is 199 Å². The number of amides is 7. The molecular weight excluding hydrogens is 1920 g/mol. The van der Waals surface area contributed by atoms with Crippen molar-refractivity contribution in [3.8, 4) is 57.2 Å².